The molecule has 1 aliphatic rings. The minimum absolute atomic E-state index is 0.304. The van der Waals surface area contributed by atoms with Crippen LogP contribution in [-0.2, 0) is 0 Å². The summed E-state index contributed by atoms with van der Waals surface area (Å²) in [5.74, 6) is 1.79. The maximum atomic E-state index is 5.42. The van der Waals surface area contributed by atoms with Crippen LogP contribution in [0.1, 0.15) is 11.6 Å². The lowest BCUT2D eigenvalue weighted by atomic mass is 10.0. The van der Waals surface area contributed by atoms with Crippen molar-refractivity contribution in [3.8, 4) is 11.5 Å². The Hall–Kier alpha value is -1.26. The van der Waals surface area contributed by atoms with E-state index < -0.39 is 0 Å². The lowest BCUT2D eigenvalue weighted by molar-refractivity contribution is 0.237. The van der Waals surface area contributed by atoms with Gasteiger partial charge < -0.3 is 19.7 Å². The number of ether oxygens (including phenoxy) is 2. The number of hydrogen-bond acceptors (Lipinski definition) is 4. The largest absolute Gasteiger partial charge is 0.497 e. The summed E-state index contributed by atoms with van der Waals surface area (Å²) in [5.41, 5.74) is 1.17. The van der Waals surface area contributed by atoms with Gasteiger partial charge in [-0.25, -0.2) is 0 Å². The molecule has 0 bridgehead atoms. The molecule has 0 aromatic heterocycles. The lowest BCUT2D eigenvalue weighted by Crippen LogP contribution is -2.43. The zero-order chi connectivity index (χ0) is 12.3. The second kappa shape index (κ2) is 5.38. The van der Waals surface area contributed by atoms with Crippen molar-refractivity contribution >= 4 is 0 Å². The van der Waals surface area contributed by atoms with Crippen LogP contribution in [0.15, 0.2) is 18.2 Å². The van der Waals surface area contributed by atoms with Gasteiger partial charge >= 0.3 is 0 Å². The Balaban J connectivity index is 2.27. The summed E-state index contributed by atoms with van der Waals surface area (Å²) < 4.78 is 10.7. The van der Waals surface area contributed by atoms with E-state index in [4.69, 9.17) is 9.47 Å². The van der Waals surface area contributed by atoms with Crippen molar-refractivity contribution in [1.29, 1.82) is 0 Å². The second-order valence-electron chi connectivity index (χ2n) is 4.38. The quantitative estimate of drug-likeness (QED) is 0.857. The average molecular weight is 236 g/mol. The van der Waals surface area contributed by atoms with Gasteiger partial charge in [-0.3, -0.25) is 0 Å². The summed E-state index contributed by atoms with van der Waals surface area (Å²) in [6, 6.07) is 6.24. The van der Waals surface area contributed by atoms with Crippen LogP contribution in [0.5, 0.6) is 11.5 Å². The minimum atomic E-state index is 0.304. The number of nitrogens with zero attached hydrogens (tertiary/aromatic N) is 1. The highest BCUT2D eigenvalue weighted by atomic mass is 16.5. The van der Waals surface area contributed by atoms with E-state index in [0.29, 0.717) is 6.04 Å². The first-order valence-corrected chi connectivity index (χ1v) is 5.88. The fraction of sp³-hybridized carbons (Fsp3) is 0.538. The second-order valence-corrected chi connectivity index (χ2v) is 4.38. The van der Waals surface area contributed by atoms with Gasteiger partial charge in [0.1, 0.15) is 11.5 Å². The van der Waals surface area contributed by atoms with Gasteiger partial charge in [0.25, 0.3) is 0 Å². The van der Waals surface area contributed by atoms with Gasteiger partial charge in [-0.05, 0) is 25.2 Å². The summed E-state index contributed by atoms with van der Waals surface area (Å²) in [5, 5.41) is 3.51. The normalized spacial score (nSPS) is 21.2. The molecule has 0 aliphatic carbocycles. The molecule has 1 atom stereocenters. The van der Waals surface area contributed by atoms with E-state index in [1.54, 1.807) is 14.2 Å². The van der Waals surface area contributed by atoms with E-state index in [1.807, 2.05) is 12.1 Å². The van der Waals surface area contributed by atoms with Crippen molar-refractivity contribution in [2.24, 2.45) is 0 Å². The van der Waals surface area contributed by atoms with E-state index in [-0.39, 0.29) is 0 Å². The van der Waals surface area contributed by atoms with Crippen LogP contribution in [0, 0.1) is 0 Å². The Morgan fingerprint density at radius 2 is 2.12 bits per heavy atom. The Kier molecular flexibility index (Phi) is 3.86. The van der Waals surface area contributed by atoms with Crippen molar-refractivity contribution < 1.29 is 9.47 Å². The zero-order valence-corrected chi connectivity index (χ0v) is 10.7. The highest BCUT2D eigenvalue weighted by molar-refractivity contribution is 5.42. The van der Waals surface area contributed by atoms with Crippen LogP contribution in [0.2, 0.25) is 0 Å². The summed E-state index contributed by atoms with van der Waals surface area (Å²) in [7, 11) is 5.53. The number of likely N-dealkylation sites (N-methyl/N-ethyl adjacent to an activating group) is 1. The Morgan fingerprint density at radius 1 is 1.29 bits per heavy atom. The molecule has 0 saturated carbocycles. The van der Waals surface area contributed by atoms with Gasteiger partial charge in [-0.15, -0.1) is 0 Å². The molecule has 1 unspecified atom stereocenters. The molecule has 1 fully saturated rings. The first-order chi connectivity index (χ1) is 8.24. The maximum absolute atomic E-state index is 5.42. The highest BCUT2D eigenvalue weighted by Gasteiger charge is 2.21. The molecular formula is C13H20N2O2. The fourth-order valence-corrected chi connectivity index (χ4v) is 2.22. The monoisotopic (exact) mass is 236 g/mol. The van der Waals surface area contributed by atoms with Gasteiger partial charge in [-0.2, -0.15) is 0 Å². The minimum Gasteiger partial charge on any atom is -0.497 e. The molecule has 4 nitrogen and oxygen atoms in total. The number of benzene rings is 1. The molecule has 1 aromatic carbocycles. The molecule has 94 valence electrons. The van der Waals surface area contributed by atoms with Crippen LogP contribution in [-0.4, -0.2) is 45.8 Å². The molecule has 1 saturated heterocycles. The SMILES string of the molecule is COc1ccc(OC)c(C2CN(C)CCN2)c1. The molecule has 4 heteroatoms. The molecule has 1 heterocycles. The molecule has 0 amide bonds. The van der Waals surface area contributed by atoms with Gasteiger partial charge in [0.05, 0.1) is 14.2 Å². The molecule has 17 heavy (non-hydrogen) atoms. The van der Waals surface area contributed by atoms with E-state index in [1.165, 1.54) is 5.56 Å². The number of hydrogen-bond donors (Lipinski definition) is 1. The van der Waals surface area contributed by atoms with Crippen molar-refractivity contribution in [1.82, 2.24) is 10.2 Å². The van der Waals surface area contributed by atoms with Crippen LogP contribution in [0.25, 0.3) is 0 Å². The molecule has 1 aliphatic heterocycles. The van der Waals surface area contributed by atoms with Crippen molar-refractivity contribution in [3.05, 3.63) is 23.8 Å². The Bertz CT molecular complexity index is 382. The number of nitrogens with one attached hydrogen (secondary N) is 1. The molecule has 1 N–H and O–H groups in total. The van der Waals surface area contributed by atoms with E-state index in [9.17, 15) is 0 Å². The summed E-state index contributed by atoms with van der Waals surface area (Å²) in [6.07, 6.45) is 0. The van der Waals surface area contributed by atoms with E-state index in [0.717, 1.165) is 31.1 Å². The topological polar surface area (TPSA) is 33.7 Å². The number of rotatable bonds is 3. The first-order valence-electron chi connectivity index (χ1n) is 5.88. The first kappa shape index (κ1) is 12.2. The van der Waals surface area contributed by atoms with Crippen molar-refractivity contribution in [3.63, 3.8) is 0 Å². The molecular weight excluding hydrogens is 216 g/mol. The third-order valence-electron chi connectivity index (χ3n) is 3.19. The predicted molar refractivity (Wildman–Crippen MR) is 67.8 cm³/mol. The van der Waals surface area contributed by atoms with Crippen LogP contribution in [0.4, 0.5) is 0 Å². The maximum Gasteiger partial charge on any atom is 0.123 e. The van der Waals surface area contributed by atoms with Gasteiger partial charge in [-0.1, -0.05) is 0 Å². The van der Waals surface area contributed by atoms with Crippen molar-refractivity contribution in [2.75, 3.05) is 40.9 Å². The van der Waals surface area contributed by atoms with Crippen LogP contribution in [0.3, 0.4) is 0 Å². The average Bonchev–Trinajstić information content (AvgIpc) is 2.38. The van der Waals surface area contributed by atoms with Gasteiger partial charge in [0, 0.05) is 31.2 Å². The summed E-state index contributed by atoms with van der Waals surface area (Å²) >= 11 is 0. The van der Waals surface area contributed by atoms with Crippen molar-refractivity contribution in [2.45, 2.75) is 6.04 Å². The number of methoxy groups -OCH3 is 2. The zero-order valence-electron chi connectivity index (χ0n) is 10.7. The Labute approximate surface area is 103 Å². The summed E-state index contributed by atoms with van der Waals surface area (Å²) in [4.78, 5) is 2.32. The van der Waals surface area contributed by atoms with Crippen LogP contribution >= 0.6 is 0 Å². The van der Waals surface area contributed by atoms with Gasteiger partial charge in [0.15, 0.2) is 0 Å². The number of piperazine rings is 1. The molecule has 1 aromatic rings. The van der Waals surface area contributed by atoms with Gasteiger partial charge in [0.2, 0.25) is 0 Å². The summed E-state index contributed by atoms with van der Waals surface area (Å²) in [6.45, 7) is 3.08. The molecule has 0 radical (unpaired) electrons. The Morgan fingerprint density at radius 3 is 2.76 bits per heavy atom. The third kappa shape index (κ3) is 2.70. The van der Waals surface area contributed by atoms with E-state index >= 15 is 0 Å². The lowest BCUT2D eigenvalue weighted by Gasteiger charge is -2.32. The van der Waals surface area contributed by atoms with E-state index in [2.05, 4.69) is 23.3 Å². The highest BCUT2D eigenvalue weighted by Crippen LogP contribution is 2.30. The standard InChI is InChI=1S/C13H20N2O2/c1-15-7-6-14-12(9-15)11-8-10(16-2)4-5-13(11)17-3/h4-5,8,12,14H,6-7,9H2,1-3H3. The predicted octanol–water partition coefficient (Wildman–Crippen LogP) is 1.28. The molecule has 0 spiro atoms. The third-order valence-corrected chi connectivity index (χ3v) is 3.19. The smallest absolute Gasteiger partial charge is 0.123 e. The fourth-order valence-electron chi connectivity index (χ4n) is 2.22. The molecule has 2 rings (SSSR count). The van der Waals surface area contributed by atoms with Crippen LogP contribution < -0.4 is 14.8 Å².